The van der Waals surface area contributed by atoms with Gasteiger partial charge in [0.05, 0.1) is 17.3 Å². The molecule has 1 aliphatic rings. The maximum atomic E-state index is 10.4. The molecule has 2 rings (SSSR count). The lowest BCUT2D eigenvalue weighted by atomic mass is 9.87. The number of aliphatic hydroxyl groups is 1. The zero-order valence-corrected chi connectivity index (χ0v) is 18.0. The molecule has 154 valence electrons. The minimum absolute atomic E-state index is 0.184. The molecule has 1 saturated heterocycles. The first-order valence-electron chi connectivity index (χ1n) is 9.70. The quantitative estimate of drug-likeness (QED) is 0.742. The molecule has 0 saturated carbocycles. The molecule has 27 heavy (non-hydrogen) atoms. The van der Waals surface area contributed by atoms with Crippen LogP contribution in [0, 0.1) is 5.92 Å². The molecule has 0 unspecified atom stereocenters. The molecular formula is C22H36O5. The number of hydrogen-bond donors (Lipinski definition) is 1. The molecule has 5 nitrogen and oxygen atoms in total. The summed E-state index contributed by atoms with van der Waals surface area (Å²) in [6.07, 6.45) is -0.978. The van der Waals surface area contributed by atoms with Gasteiger partial charge >= 0.3 is 0 Å². The monoisotopic (exact) mass is 380 g/mol. The van der Waals surface area contributed by atoms with Crippen molar-refractivity contribution in [2.24, 2.45) is 5.92 Å². The summed E-state index contributed by atoms with van der Waals surface area (Å²) in [6.45, 7) is 12.0. The molecule has 0 radical (unpaired) electrons. The van der Waals surface area contributed by atoms with Crippen LogP contribution in [0.1, 0.15) is 59.0 Å². The van der Waals surface area contributed by atoms with Crippen molar-refractivity contribution in [1.82, 2.24) is 0 Å². The molecule has 5 heteroatoms. The van der Waals surface area contributed by atoms with Crippen molar-refractivity contribution in [1.29, 1.82) is 0 Å². The predicted octanol–water partition coefficient (Wildman–Crippen LogP) is 3.88. The van der Waals surface area contributed by atoms with E-state index in [-0.39, 0.29) is 18.1 Å². The van der Waals surface area contributed by atoms with Gasteiger partial charge in [-0.3, -0.25) is 0 Å². The largest absolute Gasteiger partial charge is 0.393 e. The van der Waals surface area contributed by atoms with Gasteiger partial charge in [0.15, 0.2) is 6.29 Å². The molecule has 1 aromatic rings. The summed E-state index contributed by atoms with van der Waals surface area (Å²) in [5, 5.41) is 10.4. The smallest absolute Gasteiger partial charge is 0.185 e. The van der Waals surface area contributed by atoms with Gasteiger partial charge < -0.3 is 24.1 Å². The first-order chi connectivity index (χ1) is 12.5. The second-order valence-electron chi connectivity index (χ2n) is 8.77. The Labute approximate surface area is 164 Å². The van der Waals surface area contributed by atoms with Gasteiger partial charge in [-0.05, 0) is 45.6 Å². The third-order valence-electron chi connectivity index (χ3n) is 5.75. The molecule has 1 fully saturated rings. The van der Waals surface area contributed by atoms with Crippen molar-refractivity contribution in [3.63, 3.8) is 0 Å². The zero-order chi connectivity index (χ0) is 20.4. The number of hydrogen-bond acceptors (Lipinski definition) is 5. The Balaban J connectivity index is 2.35. The molecule has 0 bridgehead atoms. The number of aliphatic hydroxyl groups excluding tert-OH is 1. The predicted molar refractivity (Wildman–Crippen MR) is 106 cm³/mol. The highest BCUT2D eigenvalue weighted by atomic mass is 16.7. The van der Waals surface area contributed by atoms with Crippen LogP contribution in [0.15, 0.2) is 24.3 Å². The second-order valence-corrected chi connectivity index (χ2v) is 8.77. The first kappa shape index (κ1) is 22.3. The van der Waals surface area contributed by atoms with Gasteiger partial charge in [0, 0.05) is 19.8 Å². The number of benzene rings is 1. The van der Waals surface area contributed by atoms with Gasteiger partial charge in [-0.25, -0.2) is 0 Å². The van der Waals surface area contributed by atoms with E-state index in [9.17, 15) is 5.11 Å². The maximum Gasteiger partial charge on any atom is 0.185 e. The Morgan fingerprint density at radius 1 is 0.963 bits per heavy atom. The summed E-state index contributed by atoms with van der Waals surface area (Å²) in [6, 6.07) is 7.98. The standard InChI is InChI=1S/C22H36O5/c1-14(2)17(23)13-15-11-9-10-12-16(15)20-26-18(21(3,4)24-7)19(27-20)22(5,6)25-8/h9-12,14,17-20,23H,13H2,1-8H3/t17-,18-,19-/m1/s1. The summed E-state index contributed by atoms with van der Waals surface area (Å²) in [4.78, 5) is 0. The van der Waals surface area contributed by atoms with Crippen molar-refractivity contribution in [2.45, 2.75) is 83.8 Å². The highest BCUT2D eigenvalue weighted by molar-refractivity contribution is 5.29. The Morgan fingerprint density at radius 2 is 1.44 bits per heavy atom. The lowest BCUT2D eigenvalue weighted by molar-refractivity contribution is -0.132. The van der Waals surface area contributed by atoms with Crippen molar-refractivity contribution < 1.29 is 24.1 Å². The van der Waals surface area contributed by atoms with E-state index in [1.165, 1.54) is 0 Å². The molecule has 0 amide bonds. The number of methoxy groups -OCH3 is 2. The Bertz CT molecular complexity index is 586. The highest BCUT2D eigenvalue weighted by Crippen LogP contribution is 2.43. The highest BCUT2D eigenvalue weighted by Gasteiger charge is 2.52. The summed E-state index contributed by atoms with van der Waals surface area (Å²) < 4.78 is 24.2. The van der Waals surface area contributed by atoms with E-state index < -0.39 is 23.6 Å². The minimum Gasteiger partial charge on any atom is -0.393 e. The average molecular weight is 381 g/mol. The molecule has 0 spiro atoms. The van der Waals surface area contributed by atoms with Crippen LogP contribution in [0.25, 0.3) is 0 Å². The zero-order valence-electron chi connectivity index (χ0n) is 18.0. The topological polar surface area (TPSA) is 57.2 Å². The summed E-state index contributed by atoms with van der Waals surface area (Å²) >= 11 is 0. The first-order valence-corrected chi connectivity index (χ1v) is 9.70. The molecule has 0 aromatic heterocycles. The molecule has 1 aliphatic heterocycles. The summed E-state index contributed by atoms with van der Waals surface area (Å²) in [5.41, 5.74) is 0.903. The molecule has 0 aliphatic carbocycles. The second kappa shape index (κ2) is 8.58. The third-order valence-corrected chi connectivity index (χ3v) is 5.75. The van der Waals surface area contributed by atoms with E-state index in [1.54, 1.807) is 14.2 Å². The van der Waals surface area contributed by atoms with Gasteiger partial charge in [-0.15, -0.1) is 0 Å². The van der Waals surface area contributed by atoms with Crippen molar-refractivity contribution in [3.05, 3.63) is 35.4 Å². The van der Waals surface area contributed by atoms with Gasteiger partial charge in [-0.2, -0.15) is 0 Å². The fourth-order valence-electron chi connectivity index (χ4n) is 3.29. The minimum atomic E-state index is -0.540. The van der Waals surface area contributed by atoms with Crippen molar-refractivity contribution in [3.8, 4) is 0 Å². The number of rotatable bonds is 8. The van der Waals surface area contributed by atoms with Crippen LogP contribution in [0.3, 0.4) is 0 Å². The van der Waals surface area contributed by atoms with E-state index in [2.05, 4.69) is 0 Å². The molecular weight excluding hydrogens is 344 g/mol. The van der Waals surface area contributed by atoms with E-state index in [1.807, 2.05) is 65.8 Å². The van der Waals surface area contributed by atoms with Gasteiger partial charge in [0.1, 0.15) is 12.2 Å². The average Bonchev–Trinajstić information content (AvgIpc) is 3.09. The maximum absolute atomic E-state index is 10.4. The normalized spacial score (nSPS) is 23.2. The Kier molecular flexibility index (Phi) is 7.09. The summed E-state index contributed by atoms with van der Waals surface area (Å²) in [5.74, 6) is 0.184. The van der Waals surface area contributed by atoms with Crippen LogP contribution in [-0.2, 0) is 25.4 Å². The summed E-state index contributed by atoms with van der Waals surface area (Å²) in [7, 11) is 3.36. The molecule has 1 aromatic carbocycles. The lowest BCUT2D eigenvalue weighted by Gasteiger charge is -2.38. The van der Waals surface area contributed by atoms with E-state index in [0.29, 0.717) is 6.42 Å². The fraction of sp³-hybridized carbons (Fsp3) is 0.727. The van der Waals surface area contributed by atoms with Gasteiger partial charge in [0.25, 0.3) is 0 Å². The van der Waals surface area contributed by atoms with Gasteiger partial charge in [-0.1, -0.05) is 38.1 Å². The van der Waals surface area contributed by atoms with E-state index >= 15 is 0 Å². The van der Waals surface area contributed by atoms with Crippen molar-refractivity contribution in [2.75, 3.05) is 14.2 Å². The van der Waals surface area contributed by atoms with E-state index in [0.717, 1.165) is 11.1 Å². The van der Waals surface area contributed by atoms with Gasteiger partial charge in [0.2, 0.25) is 0 Å². The molecule has 1 heterocycles. The van der Waals surface area contributed by atoms with Crippen LogP contribution < -0.4 is 0 Å². The lowest BCUT2D eigenvalue weighted by Crippen LogP contribution is -2.53. The fourth-order valence-corrected chi connectivity index (χ4v) is 3.29. The number of ether oxygens (including phenoxy) is 4. The van der Waals surface area contributed by atoms with Crippen LogP contribution >= 0.6 is 0 Å². The molecule has 3 atom stereocenters. The van der Waals surface area contributed by atoms with Crippen LogP contribution in [0.2, 0.25) is 0 Å². The third kappa shape index (κ3) is 4.90. The molecule has 1 N–H and O–H groups in total. The Hall–Kier alpha value is -0.980. The van der Waals surface area contributed by atoms with Crippen molar-refractivity contribution >= 4 is 0 Å². The van der Waals surface area contributed by atoms with E-state index in [4.69, 9.17) is 18.9 Å². The Morgan fingerprint density at radius 3 is 1.89 bits per heavy atom. The van der Waals surface area contributed by atoms with Crippen LogP contribution in [0.4, 0.5) is 0 Å². The van der Waals surface area contributed by atoms with Crippen LogP contribution in [-0.4, -0.2) is 48.8 Å². The SMILES string of the molecule is COC(C)(C)[C@@H]1OC(c2ccccc2C[C@@H](O)C(C)C)O[C@H]1C(C)(C)OC. The van der Waals surface area contributed by atoms with Crippen LogP contribution in [0.5, 0.6) is 0 Å².